The second-order valence-electron chi connectivity index (χ2n) is 4.41. The predicted octanol–water partition coefficient (Wildman–Crippen LogP) is 2.82. The van der Waals surface area contributed by atoms with Crippen molar-refractivity contribution in [3.63, 3.8) is 0 Å². The third-order valence-electron chi connectivity index (χ3n) is 3.08. The highest BCUT2D eigenvalue weighted by Crippen LogP contribution is 2.45. The number of aryl methyl sites for hydroxylation is 1. The molecule has 0 saturated heterocycles. The van der Waals surface area contributed by atoms with E-state index in [1.54, 1.807) is 34.3 Å². The maximum absolute atomic E-state index is 11.4. The first-order chi connectivity index (χ1) is 10.6. The first kappa shape index (κ1) is 16.4. The van der Waals surface area contributed by atoms with Gasteiger partial charge in [-0.15, -0.1) is 11.3 Å². The fraction of sp³-hybridized carbons (Fsp3) is 0.467. The lowest BCUT2D eigenvalue weighted by atomic mass is 10.2. The average Bonchev–Trinajstić information content (AvgIpc) is 2.93. The van der Waals surface area contributed by atoms with Gasteiger partial charge in [0.1, 0.15) is 4.70 Å². The van der Waals surface area contributed by atoms with E-state index < -0.39 is 0 Å². The van der Waals surface area contributed by atoms with Crippen LogP contribution >= 0.6 is 11.3 Å². The molecule has 120 valence electrons. The predicted molar refractivity (Wildman–Crippen MR) is 84.2 cm³/mol. The molecule has 0 fully saturated rings. The standard InChI is InChI=1S/C15H19NO5S/c1-5-21-12(17)7-6-11-16-9-8-10(18-2)13(19-3)14(20-4)15(9)22-11/h8H,5-7H2,1-4H3. The van der Waals surface area contributed by atoms with Crippen LogP contribution in [0.5, 0.6) is 17.2 Å². The summed E-state index contributed by atoms with van der Waals surface area (Å²) >= 11 is 1.48. The summed E-state index contributed by atoms with van der Waals surface area (Å²) < 4.78 is 21.9. The molecule has 0 spiro atoms. The van der Waals surface area contributed by atoms with Crippen molar-refractivity contribution in [1.82, 2.24) is 4.98 Å². The topological polar surface area (TPSA) is 66.9 Å². The van der Waals surface area contributed by atoms with Crippen LogP contribution < -0.4 is 14.2 Å². The zero-order valence-electron chi connectivity index (χ0n) is 13.1. The fourth-order valence-corrected chi connectivity index (χ4v) is 3.18. The van der Waals surface area contributed by atoms with Gasteiger partial charge in [0.2, 0.25) is 5.75 Å². The van der Waals surface area contributed by atoms with Crippen molar-refractivity contribution in [2.45, 2.75) is 19.8 Å². The molecule has 2 rings (SSSR count). The third kappa shape index (κ3) is 3.24. The van der Waals surface area contributed by atoms with E-state index in [1.165, 1.54) is 11.3 Å². The molecule has 1 heterocycles. The van der Waals surface area contributed by atoms with Crippen molar-refractivity contribution in [3.8, 4) is 17.2 Å². The smallest absolute Gasteiger partial charge is 0.306 e. The number of carbonyl (C=O) groups excluding carboxylic acids is 1. The molecule has 1 aromatic heterocycles. The maximum atomic E-state index is 11.4. The van der Waals surface area contributed by atoms with Crippen LogP contribution in [0.3, 0.4) is 0 Å². The summed E-state index contributed by atoms with van der Waals surface area (Å²) in [5, 5.41) is 0.844. The molecule has 0 saturated carbocycles. The molecule has 0 aliphatic carbocycles. The van der Waals surface area contributed by atoms with E-state index in [0.29, 0.717) is 36.7 Å². The Hall–Kier alpha value is -2.02. The Morgan fingerprint density at radius 1 is 1.18 bits per heavy atom. The average molecular weight is 325 g/mol. The van der Waals surface area contributed by atoms with Crippen LogP contribution in [0.1, 0.15) is 18.4 Å². The number of benzene rings is 1. The van der Waals surface area contributed by atoms with Crippen molar-refractivity contribution < 1.29 is 23.7 Å². The Labute approximate surface area is 133 Å². The Morgan fingerprint density at radius 3 is 2.50 bits per heavy atom. The lowest BCUT2D eigenvalue weighted by Gasteiger charge is -2.11. The molecule has 22 heavy (non-hydrogen) atoms. The molecule has 1 aromatic carbocycles. The highest BCUT2D eigenvalue weighted by atomic mass is 32.1. The van der Waals surface area contributed by atoms with Crippen LogP contribution in [-0.2, 0) is 16.0 Å². The summed E-state index contributed by atoms with van der Waals surface area (Å²) in [5.41, 5.74) is 0.762. The molecule has 6 nitrogen and oxygen atoms in total. The van der Waals surface area contributed by atoms with E-state index in [2.05, 4.69) is 4.98 Å². The van der Waals surface area contributed by atoms with E-state index >= 15 is 0 Å². The number of ether oxygens (including phenoxy) is 4. The highest BCUT2D eigenvalue weighted by Gasteiger charge is 2.19. The number of methoxy groups -OCH3 is 3. The first-order valence-corrected chi connectivity index (χ1v) is 7.70. The number of hydrogen-bond donors (Lipinski definition) is 0. The second kappa shape index (κ2) is 7.31. The van der Waals surface area contributed by atoms with Gasteiger partial charge >= 0.3 is 5.97 Å². The summed E-state index contributed by atoms with van der Waals surface area (Å²) in [6.07, 6.45) is 0.843. The first-order valence-electron chi connectivity index (χ1n) is 6.88. The summed E-state index contributed by atoms with van der Waals surface area (Å²) in [6, 6.07) is 1.81. The van der Waals surface area contributed by atoms with E-state index in [4.69, 9.17) is 18.9 Å². The van der Waals surface area contributed by atoms with E-state index in [1.807, 2.05) is 0 Å². The number of carbonyl (C=O) groups is 1. The zero-order valence-corrected chi connectivity index (χ0v) is 13.9. The number of aromatic nitrogens is 1. The van der Waals surface area contributed by atoms with Gasteiger partial charge in [0.05, 0.1) is 44.9 Å². The van der Waals surface area contributed by atoms with E-state index in [0.717, 1.165) is 15.2 Å². The Morgan fingerprint density at radius 2 is 1.91 bits per heavy atom. The van der Waals surface area contributed by atoms with Gasteiger partial charge in [-0.25, -0.2) is 4.98 Å². The van der Waals surface area contributed by atoms with Crippen molar-refractivity contribution >= 4 is 27.5 Å². The molecular formula is C15H19NO5S. The molecule has 0 amide bonds. The molecule has 0 N–H and O–H groups in total. The number of nitrogens with zero attached hydrogens (tertiary/aromatic N) is 1. The van der Waals surface area contributed by atoms with Gasteiger partial charge < -0.3 is 18.9 Å². The van der Waals surface area contributed by atoms with Gasteiger partial charge in [0.25, 0.3) is 0 Å². The molecule has 0 atom stereocenters. The molecular weight excluding hydrogens is 306 g/mol. The maximum Gasteiger partial charge on any atom is 0.306 e. The summed E-state index contributed by atoms with van der Waals surface area (Å²) in [7, 11) is 4.71. The summed E-state index contributed by atoms with van der Waals surface area (Å²) in [5.74, 6) is 1.48. The number of thiazole rings is 1. The number of fused-ring (bicyclic) bond motifs is 1. The van der Waals surface area contributed by atoms with Crippen LogP contribution in [0.15, 0.2) is 6.07 Å². The normalized spacial score (nSPS) is 10.5. The SMILES string of the molecule is CCOC(=O)CCc1nc2cc(OC)c(OC)c(OC)c2s1. The van der Waals surface area contributed by atoms with Crippen LogP contribution in [0.25, 0.3) is 10.2 Å². The van der Waals surface area contributed by atoms with Gasteiger partial charge in [-0.1, -0.05) is 0 Å². The minimum atomic E-state index is -0.219. The van der Waals surface area contributed by atoms with Crippen molar-refractivity contribution in [2.24, 2.45) is 0 Å². The van der Waals surface area contributed by atoms with Crippen LogP contribution in [0.4, 0.5) is 0 Å². The highest BCUT2D eigenvalue weighted by molar-refractivity contribution is 7.19. The minimum absolute atomic E-state index is 0.219. The van der Waals surface area contributed by atoms with Gasteiger partial charge in [-0.2, -0.15) is 0 Å². The van der Waals surface area contributed by atoms with Crippen molar-refractivity contribution in [2.75, 3.05) is 27.9 Å². The van der Waals surface area contributed by atoms with Gasteiger partial charge in [0, 0.05) is 12.5 Å². The van der Waals surface area contributed by atoms with Crippen LogP contribution in [0.2, 0.25) is 0 Å². The van der Waals surface area contributed by atoms with Gasteiger partial charge in [-0.05, 0) is 6.92 Å². The molecule has 0 radical (unpaired) electrons. The molecule has 0 unspecified atom stereocenters. The van der Waals surface area contributed by atoms with Crippen molar-refractivity contribution in [3.05, 3.63) is 11.1 Å². The van der Waals surface area contributed by atoms with Crippen molar-refractivity contribution in [1.29, 1.82) is 0 Å². The molecule has 2 aromatic rings. The zero-order chi connectivity index (χ0) is 16.1. The summed E-state index contributed by atoms with van der Waals surface area (Å²) in [6.45, 7) is 2.18. The number of rotatable bonds is 7. The largest absolute Gasteiger partial charge is 0.493 e. The monoisotopic (exact) mass is 325 g/mol. The minimum Gasteiger partial charge on any atom is -0.493 e. The van der Waals surface area contributed by atoms with Gasteiger partial charge in [-0.3, -0.25) is 4.79 Å². The summed E-state index contributed by atoms with van der Waals surface area (Å²) in [4.78, 5) is 16.0. The number of esters is 1. The Kier molecular flexibility index (Phi) is 5.43. The molecule has 0 aliphatic heterocycles. The third-order valence-corrected chi connectivity index (χ3v) is 4.21. The van der Waals surface area contributed by atoms with E-state index in [9.17, 15) is 4.79 Å². The van der Waals surface area contributed by atoms with Crippen LogP contribution in [-0.4, -0.2) is 38.9 Å². The Bertz CT molecular complexity index is 667. The fourth-order valence-electron chi connectivity index (χ4n) is 2.12. The second-order valence-corrected chi connectivity index (χ2v) is 5.49. The van der Waals surface area contributed by atoms with Gasteiger partial charge in [0.15, 0.2) is 11.5 Å². The molecule has 0 aliphatic rings. The molecule has 7 heteroatoms. The lowest BCUT2D eigenvalue weighted by molar-refractivity contribution is -0.143. The number of hydrogen-bond acceptors (Lipinski definition) is 7. The lowest BCUT2D eigenvalue weighted by Crippen LogP contribution is -2.04. The Balaban J connectivity index is 2.35. The van der Waals surface area contributed by atoms with E-state index in [-0.39, 0.29) is 5.97 Å². The molecule has 0 bridgehead atoms. The van der Waals surface area contributed by atoms with Crippen LogP contribution in [0, 0.1) is 0 Å². The quantitative estimate of drug-likeness (QED) is 0.729.